The van der Waals surface area contributed by atoms with Gasteiger partial charge in [0.05, 0.1) is 23.4 Å². The van der Waals surface area contributed by atoms with Crippen molar-refractivity contribution in [2.24, 2.45) is 0 Å². The van der Waals surface area contributed by atoms with Crippen LogP contribution in [-0.2, 0) is 9.53 Å². The molecule has 2 N–H and O–H groups in total. The van der Waals surface area contributed by atoms with Crippen LogP contribution in [0.15, 0.2) is 72.3 Å². The molecule has 0 bridgehead atoms. The van der Waals surface area contributed by atoms with Crippen molar-refractivity contribution in [3.8, 4) is 0 Å². The van der Waals surface area contributed by atoms with E-state index in [0.717, 1.165) is 11.1 Å². The fourth-order valence-electron chi connectivity index (χ4n) is 2.84. The minimum Gasteiger partial charge on any atom is -0.459 e. The van der Waals surface area contributed by atoms with Crippen LogP contribution in [0, 0.1) is 0 Å². The van der Waals surface area contributed by atoms with Gasteiger partial charge < -0.3 is 15.4 Å². The molecule has 0 spiro atoms. The molecule has 0 aliphatic carbocycles. The third-order valence-corrected chi connectivity index (χ3v) is 4.01. The highest BCUT2D eigenvalue weighted by molar-refractivity contribution is 6.05. The minimum atomic E-state index is -0.597. The second kappa shape index (κ2) is 8.36. The Labute approximate surface area is 158 Å². The molecule has 1 aliphatic rings. The molecule has 0 fully saturated rings. The predicted molar refractivity (Wildman–Crippen MR) is 106 cm³/mol. The van der Waals surface area contributed by atoms with Crippen LogP contribution in [0.3, 0.4) is 0 Å². The molecular formula is C22H22N2O3. The lowest BCUT2D eigenvalue weighted by molar-refractivity contribution is -0.142. The molecule has 0 aromatic heterocycles. The van der Waals surface area contributed by atoms with E-state index in [-0.39, 0.29) is 12.1 Å². The number of esters is 1. The molecule has 2 aromatic rings. The molecule has 2 amide bonds. The van der Waals surface area contributed by atoms with E-state index in [2.05, 4.69) is 10.6 Å². The molecule has 27 heavy (non-hydrogen) atoms. The zero-order valence-electron chi connectivity index (χ0n) is 15.3. The lowest BCUT2D eigenvalue weighted by atomic mass is 9.97. The quantitative estimate of drug-likeness (QED) is 0.796. The summed E-state index contributed by atoms with van der Waals surface area (Å²) in [5, 5.41) is 5.55. The van der Waals surface area contributed by atoms with E-state index in [4.69, 9.17) is 4.74 Å². The number of hydrogen-bond donors (Lipinski definition) is 2. The van der Waals surface area contributed by atoms with Gasteiger partial charge in [0.1, 0.15) is 0 Å². The summed E-state index contributed by atoms with van der Waals surface area (Å²) >= 11 is 0. The van der Waals surface area contributed by atoms with Crippen LogP contribution in [0.2, 0.25) is 0 Å². The zero-order chi connectivity index (χ0) is 19.2. The summed E-state index contributed by atoms with van der Waals surface area (Å²) in [5.74, 6) is -0.459. The molecule has 1 aliphatic heterocycles. The van der Waals surface area contributed by atoms with Crippen molar-refractivity contribution >= 4 is 23.8 Å². The van der Waals surface area contributed by atoms with Crippen molar-refractivity contribution in [3.05, 3.63) is 83.4 Å². The molecular weight excluding hydrogens is 340 g/mol. The SMILES string of the molecule is CC(C)OC(=O)C1=C(c2ccccc2)NC(=O)NC1/C=C/c1ccccc1. The molecule has 3 rings (SSSR count). The number of carbonyl (C=O) groups excluding carboxylic acids is 2. The molecule has 0 saturated carbocycles. The maximum absolute atomic E-state index is 12.8. The summed E-state index contributed by atoms with van der Waals surface area (Å²) in [6.07, 6.45) is 3.41. The Morgan fingerprint density at radius 1 is 1.04 bits per heavy atom. The summed E-state index contributed by atoms with van der Waals surface area (Å²) in [4.78, 5) is 25.0. The van der Waals surface area contributed by atoms with Gasteiger partial charge in [-0.05, 0) is 25.0 Å². The van der Waals surface area contributed by atoms with Crippen molar-refractivity contribution in [1.29, 1.82) is 0 Å². The summed E-state index contributed by atoms with van der Waals surface area (Å²) in [7, 11) is 0. The standard InChI is InChI=1S/C22H22N2O3/c1-15(2)27-21(25)19-18(14-13-16-9-5-3-6-10-16)23-22(26)24-20(19)17-11-7-4-8-12-17/h3-15,18H,1-2H3,(H2,23,24,26)/b14-13+. The van der Waals surface area contributed by atoms with E-state index >= 15 is 0 Å². The number of benzene rings is 2. The number of ether oxygens (including phenoxy) is 1. The summed E-state index contributed by atoms with van der Waals surface area (Å²) in [5.41, 5.74) is 2.57. The molecule has 5 nitrogen and oxygen atoms in total. The Bertz CT molecular complexity index is 871. The highest BCUT2D eigenvalue weighted by atomic mass is 16.5. The van der Waals surface area contributed by atoms with Crippen molar-refractivity contribution < 1.29 is 14.3 Å². The predicted octanol–water partition coefficient (Wildman–Crippen LogP) is 3.74. The number of nitrogens with one attached hydrogen (secondary N) is 2. The van der Waals surface area contributed by atoms with Crippen LogP contribution in [0.1, 0.15) is 25.0 Å². The lowest BCUT2D eigenvalue weighted by Crippen LogP contribution is -2.49. The smallest absolute Gasteiger partial charge is 0.338 e. The third kappa shape index (κ3) is 4.64. The molecule has 0 radical (unpaired) electrons. The maximum Gasteiger partial charge on any atom is 0.338 e. The maximum atomic E-state index is 12.8. The Morgan fingerprint density at radius 2 is 1.67 bits per heavy atom. The van der Waals surface area contributed by atoms with Crippen LogP contribution >= 0.6 is 0 Å². The van der Waals surface area contributed by atoms with Gasteiger partial charge in [-0.15, -0.1) is 0 Å². The summed E-state index contributed by atoms with van der Waals surface area (Å²) in [6.45, 7) is 3.59. The topological polar surface area (TPSA) is 67.4 Å². The Hall–Kier alpha value is -3.34. The van der Waals surface area contributed by atoms with E-state index in [1.54, 1.807) is 19.9 Å². The lowest BCUT2D eigenvalue weighted by Gasteiger charge is -2.28. The average molecular weight is 362 g/mol. The Kier molecular flexibility index (Phi) is 5.71. The van der Waals surface area contributed by atoms with E-state index < -0.39 is 12.0 Å². The number of hydrogen-bond acceptors (Lipinski definition) is 3. The summed E-state index contributed by atoms with van der Waals surface area (Å²) in [6, 6.07) is 18.0. The van der Waals surface area contributed by atoms with Gasteiger partial charge in [0.2, 0.25) is 0 Å². The molecule has 2 aromatic carbocycles. The monoisotopic (exact) mass is 362 g/mol. The number of rotatable bonds is 5. The van der Waals surface area contributed by atoms with E-state index in [0.29, 0.717) is 11.3 Å². The molecule has 0 saturated heterocycles. The fourth-order valence-corrected chi connectivity index (χ4v) is 2.84. The fraction of sp³-hybridized carbons (Fsp3) is 0.182. The van der Waals surface area contributed by atoms with E-state index in [9.17, 15) is 9.59 Å². The second-order valence-electron chi connectivity index (χ2n) is 6.45. The Balaban J connectivity index is 2.05. The molecule has 1 heterocycles. The van der Waals surface area contributed by atoms with Gasteiger partial charge in [0, 0.05) is 0 Å². The first-order chi connectivity index (χ1) is 13.0. The number of carbonyl (C=O) groups is 2. The average Bonchev–Trinajstić information content (AvgIpc) is 2.66. The van der Waals surface area contributed by atoms with Gasteiger partial charge in [-0.2, -0.15) is 0 Å². The van der Waals surface area contributed by atoms with Crippen LogP contribution in [0.5, 0.6) is 0 Å². The van der Waals surface area contributed by atoms with Gasteiger partial charge in [0.15, 0.2) is 0 Å². The van der Waals surface area contributed by atoms with Crippen LogP contribution in [-0.4, -0.2) is 24.1 Å². The molecule has 1 atom stereocenters. The first-order valence-corrected chi connectivity index (χ1v) is 8.86. The summed E-state index contributed by atoms with van der Waals surface area (Å²) < 4.78 is 5.44. The van der Waals surface area contributed by atoms with Crippen molar-refractivity contribution in [2.45, 2.75) is 26.0 Å². The number of urea groups is 1. The number of amides is 2. The van der Waals surface area contributed by atoms with Gasteiger partial charge in [-0.1, -0.05) is 72.8 Å². The Morgan fingerprint density at radius 3 is 2.30 bits per heavy atom. The van der Waals surface area contributed by atoms with Crippen LogP contribution < -0.4 is 10.6 Å². The van der Waals surface area contributed by atoms with Crippen molar-refractivity contribution in [2.75, 3.05) is 0 Å². The van der Waals surface area contributed by atoms with Gasteiger partial charge in [-0.25, -0.2) is 9.59 Å². The van der Waals surface area contributed by atoms with Crippen molar-refractivity contribution in [3.63, 3.8) is 0 Å². The molecule has 1 unspecified atom stereocenters. The van der Waals surface area contributed by atoms with E-state index in [1.165, 1.54) is 0 Å². The van der Waals surface area contributed by atoms with Gasteiger partial charge in [-0.3, -0.25) is 0 Å². The van der Waals surface area contributed by atoms with Gasteiger partial charge >= 0.3 is 12.0 Å². The molecule has 138 valence electrons. The second-order valence-corrected chi connectivity index (χ2v) is 6.45. The highest BCUT2D eigenvalue weighted by Gasteiger charge is 2.32. The zero-order valence-corrected chi connectivity index (χ0v) is 15.3. The van der Waals surface area contributed by atoms with Crippen molar-refractivity contribution in [1.82, 2.24) is 10.6 Å². The first-order valence-electron chi connectivity index (χ1n) is 8.86. The van der Waals surface area contributed by atoms with Gasteiger partial charge in [0.25, 0.3) is 0 Å². The molecule has 5 heteroatoms. The van der Waals surface area contributed by atoms with Crippen LogP contribution in [0.4, 0.5) is 4.79 Å². The van der Waals surface area contributed by atoms with Crippen LogP contribution in [0.25, 0.3) is 11.8 Å². The van der Waals surface area contributed by atoms with E-state index in [1.807, 2.05) is 66.7 Å². The largest absolute Gasteiger partial charge is 0.459 e. The normalized spacial score (nSPS) is 17.0. The third-order valence-electron chi connectivity index (χ3n) is 4.01. The first kappa shape index (κ1) is 18.5. The highest BCUT2D eigenvalue weighted by Crippen LogP contribution is 2.24. The minimum absolute atomic E-state index is 0.265.